The normalized spacial score (nSPS) is 12.5. The van der Waals surface area contributed by atoms with Crippen LogP contribution >= 0.6 is 0 Å². The van der Waals surface area contributed by atoms with E-state index in [1.807, 2.05) is 0 Å². The summed E-state index contributed by atoms with van der Waals surface area (Å²) in [5.74, 6) is 1.17. The smallest absolute Gasteiger partial charge is 0.151 e. The van der Waals surface area contributed by atoms with Crippen LogP contribution < -0.4 is 0 Å². The lowest BCUT2D eigenvalue weighted by atomic mass is 10.00. The van der Waals surface area contributed by atoms with Crippen LogP contribution in [0.3, 0.4) is 0 Å². The Morgan fingerprint density at radius 2 is 2.38 bits per heavy atom. The van der Waals surface area contributed by atoms with Crippen molar-refractivity contribution in [1.29, 1.82) is 0 Å². The summed E-state index contributed by atoms with van der Waals surface area (Å²) in [6.07, 6.45) is 4.48. The van der Waals surface area contributed by atoms with Crippen LogP contribution in [0.25, 0.3) is 6.08 Å². The minimum atomic E-state index is 0.456. The third kappa shape index (κ3) is 1.72. The van der Waals surface area contributed by atoms with Gasteiger partial charge in [0, 0.05) is 5.56 Å². The van der Waals surface area contributed by atoms with Gasteiger partial charge in [0.2, 0.25) is 0 Å². The summed E-state index contributed by atoms with van der Waals surface area (Å²) in [6.45, 7) is 11.5. The molecule has 1 rings (SSSR count). The minimum Gasteiger partial charge on any atom is -0.462 e. The first-order valence-corrected chi connectivity index (χ1v) is 4.45. The van der Waals surface area contributed by atoms with Gasteiger partial charge in [0.25, 0.3) is 0 Å². The van der Waals surface area contributed by atoms with E-state index in [2.05, 4.69) is 32.1 Å². The molecule has 0 aliphatic carbocycles. The fourth-order valence-corrected chi connectivity index (χ4v) is 1.26. The fraction of sp³-hybridized carbons (Fsp3) is 0.364. The molecule has 1 aromatic rings. The average molecular weight is 177 g/mol. The Bertz CT molecular complexity index is 312. The Morgan fingerprint density at radius 1 is 1.69 bits per heavy atom. The highest BCUT2D eigenvalue weighted by atomic mass is 16.3. The van der Waals surface area contributed by atoms with Crippen LogP contribution in [0.5, 0.6) is 0 Å². The van der Waals surface area contributed by atoms with E-state index in [1.165, 1.54) is 0 Å². The van der Waals surface area contributed by atoms with Crippen LogP contribution in [0, 0.1) is 0 Å². The zero-order valence-corrected chi connectivity index (χ0v) is 8.21. The van der Waals surface area contributed by atoms with Crippen molar-refractivity contribution < 1.29 is 4.42 Å². The molecule has 0 N–H and O–H groups in total. The van der Waals surface area contributed by atoms with Crippen molar-refractivity contribution in [1.82, 2.24) is 0 Å². The van der Waals surface area contributed by atoms with Crippen molar-refractivity contribution in [2.75, 3.05) is 0 Å². The summed E-state index contributed by atoms with van der Waals surface area (Å²) in [4.78, 5) is 3.96. The van der Waals surface area contributed by atoms with Crippen LogP contribution in [-0.4, -0.2) is 6.72 Å². The van der Waals surface area contributed by atoms with Crippen molar-refractivity contribution in [2.45, 2.75) is 26.2 Å². The van der Waals surface area contributed by atoms with Crippen LogP contribution in [0.2, 0.25) is 0 Å². The van der Waals surface area contributed by atoms with Gasteiger partial charge in [-0.25, -0.2) is 0 Å². The van der Waals surface area contributed by atoms with Crippen LogP contribution in [-0.2, 0) is 0 Å². The summed E-state index contributed by atoms with van der Waals surface area (Å²) in [6, 6.07) is 0. The molecule has 0 aromatic carbocycles. The molecule has 2 nitrogen and oxygen atoms in total. The van der Waals surface area contributed by atoms with E-state index < -0.39 is 0 Å². The molecule has 2 heteroatoms. The second-order valence-electron chi connectivity index (χ2n) is 3.08. The third-order valence-electron chi connectivity index (χ3n) is 2.31. The first-order chi connectivity index (χ1) is 6.24. The van der Waals surface area contributed by atoms with Gasteiger partial charge in [-0.1, -0.05) is 20.4 Å². The summed E-state index contributed by atoms with van der Waals surface area (Å²) >= 11 is 0. The molecule has 0 spiro atoms. The van der Waals surface area contributed by atoms with Crippen LogP contribution in [0.4, 0.5) is 5.69 Å². The number of hydrogen-bond donors (Lipinski definition) is 0. The van der Waals surface area contributed by atoms with Crippen molar-refractivity contribution in [3.8, 4) is 0 Å². The Kier molecular flexibility index (Phi) is 3.07. The molecular weight excluding hydrogens is 162 g/mol. The Labute approximate surface area is 79.0 Å². The Hall–Kier alpha value is -1.31. The van der Waals surface area contributed by atoms with Crippen molar-refractivity contribution in [3.63, 3.8) is 0 Å². The predicted molar refractivity (Wildman–Crippen MR) is 56.7 cm³/mol. The SMILES string of the molecule is C=Cc1occ(C(C)CC)c1N=C. The lowest BCUT2D eigenvalue weighted by Crippen LogP contribution is -1.88. The first kappa shape index (κ1) is 9.78. The topological polar surface area (TPSA) is 25.5 Å². The monoisotopic (exact) mass is 177 g/mol. The molecule has 0 bridgehead atoms. The van der Waals surface area contributed by atoms with Gasteiger partial charge in [-0.15, -0.1) is 0 Å². The Morgan fingerprint density at radius 3 is 2.85 bits per heavy atom. The maximum Gasteiger partial charge on any atom is 0.151 e. The van der Waals surface area contributed by atoms with E-state index in [9.17, 15) is 0 Å². The zero-order chi connectivity index (χ0) is 9.84. The predicted octanol–water partition coefficient (Wildman–Crippen LogP) is 3.77. The molecule has 0 aliphatic heterocycles. The van der Waals surface area contributed by atoms with E-state index in [0.717, 1.165) is 17.7 Å². The van der Waals surface area contributed by atoms with E-state index >= 15 is 0 Å². The van der Waals surface area contributed by atoms with Gasteiger partial charge < -0.3 is 4.42 Å². The number of aliphatic imine (C=N–C) groups is 1. The first-order valence-electron chi connectivity index (χ1n) is 4.45. The van der Waals surface area contributed by atoms with Crippen molar-refractivity contribution in [3.05, 3.63) is 24.2 Å². The standard InChI is InChI=1S/C11H15NO/c1-5-8(3)9-7-13-10(6-2)11(9)12-4/h6-8H,2,4-5H2,1,3H3. The second-order valence-corrected chi connectivity index (χ2v) is 3.08. The average Bonchev–Trinajstić information content (AvgIpc) is 2.58. The molecule has 0 fully saturated rings. The zero-order valence-electron chi connectivity index (χ0n) is 8.21. The lowest BCUT2D eigenvalue weighted by molar-refractivity contribution is 0.550. The van der Waals surface area contributed by atoms with Gasteiger partial charge in [-0.05, 0) is 25.1 Å². The van der Waals surface area contributed by atoms with E-state index in [1.54, 1.807) is 12.3 Å². The maximum absolute atomic E-state index is 5.31. The molecule has 13 heavy (non-hydrogen) atoms. The minimum absolute atomic E-state index is 0.456. The van der Waals surface area contributed by atoms with Crippen LogP contribution in [0.15, 0.2) is 22.3 Å². The molecule has 1 heterocycles. The molecule has 0 radical (unpaired) electrons. The van der Waals surface area contributed by atoms with Gasteiger partial charge in [0.1, 0.15) is 5.69 Å². The lowest BCUT2D eigenvalue weighted by Gasteiger charge is -2.05. The largest absolute Gasteiger partial charge is 0.462 e. The molecule has 0 saturated carbocycles. The number of rotatable bonds is 4. The molecule has 0 saturated heterocycles. The van der Waals surface area contributed by atoms with Gasteiger partial charge in [0.15, 0.2) is 5.76 Å². The fourth-order valence-electron chi connectivity index (χ4n) is 1.26. The summed E-state index contributed by atoms with van der Waals surface area (Å²) in [7, 11) is 0. The Balaban J connectivity index is 3.14. The summed E-state index contributed by atoms with van der Waals surface area (Å²) in [5.41, 5.74) is 1.96. The second kappa shape index (κ2) is 4.08. The molecule has 0 amide bonds. The molecule has 1 unspecified atom stereocenters. The van der Waals surface area contributed by atoms with Crippen LogP contribution in [0.1, 0.15) is 37.5 Å². The van der Waals surface area contributed by atoms with Gasteiger partial charge >= 0.3 is 0 Å². The maximum atomic E-state index is 5.31. The van der Waals surface area contributed by atoms with Gasteiger partial charge in [0.05, 0.1) is 6.26 Å². The third-order valence-corrected chi connectivity index (χ3v) is 2.31. The highest BCUT2D eigenvalue weighted by Gasteiger charge is 2.14. The quantitative estimate of drug-likeness (QED) is 0.643. The molecule has 0 aliphatic rings. The number of furan rings is 1. The van der Waals surface area contributed by atoms with Gasteiger partial charge in [-0.2, -0.15) is 0 Å². The highest BCUT2D eigenvalue weighted by molar-refractivity contribution is 5.64. The summed E-state index contributed by atoms with van der Waals surface area (Å²) < 4.78 is 5.31. The van der Waals surface area contributed by atoms with E-state index in [4.69, 9.17) is 4.42 Å². The molecule has 70 valence electrons. The molecule has 1 atom stereocenters. The highest BCUT2D eigenvalue weighted by Crippen LogP contribution is 2.34. The number of hydrogen-bond acceptors (Lipinski definition) is 2. The molecular formula is C11H15NO. The van der Waals surface area contributed by atoms with E-state index in [0.29, 0.717) is 11.7 Å². The van der Waals surface area contributed by atoms with E-state index in [-0.39, 0.29) is 0 Å². The van der Waals surface area contributed by atoms with Gasteiger partial charge in [-0.3, -0.25) is 4.99 Å². The van der Waals surface area contributed by atoms with Crippen molar-refractivity contribution in [2.24, 2.45) is 4.99 Å². The summed E-state index contributed by atoms with van der Waals surface area (Å²) in [5, 5.41) is 0. The van der Waals surface area contributed by atoms with Crippen molar-refractivity contribution >= 4 is 18.5 Å². The molecule has 1 aromatic heterocycles. The number of nitrogens with zero attached hydrogens (tertiary/aromatic N) is 1.